The van der Waals surface area contributed by atoms with E-state index < -0.39 is 10.0 Å². The Morgan fingerprint density at radius 2 is 1.85 bits per heavy atom. The molecular formula is C15H22N2O2S. The minimum atomic E-state index is -3.14. The van der Waals surface area contributed by atoms with Crippen LogP contribution >= 0.6 is 0 Å². The van der Waals surface area contributed by atoms with E-state index in [0.29, 0.717) is 12.6 Å². The SMILES string of the molecule is CCS(=O)(=O)N1CCN(C2CC2)CC1c1ccccc1. The van der Waals surface area contributed by atoms with Gasteiger partial charge in [-0.15, -0.1) is 0 Å². The van der Waals surface area contributed by atoms with Crippen molar-refractivity contribution >= 4 is 10.0 Å². The third kappa shape index (κ3) is 2.75. The molecule has 1 aromatic rings. The molecule has 20 heavy (non-hydrogen) atoms. The van der Waals surface area contributed by atoms with Crippen molar-refractivity contribution < 1.29 is 8.42 Å². The normalized spacial score (nSPS) is 25.8. The van der Waals surface area contributed by atoms with Crippen molar-refractivity contribution in [2.45, 2.75) is 31.8 Å². The van der Waals surface area contributed by atoms with Crippen LogP contribution in [0.25, 0.3) is 0 Å². The number of hydrogen-bond acceptors (Lipinski definition) is 3. The van der Waals surface area contributed by atoms with Gasteiger partial charge in [0.25, 0.3) is 0 Å². The first kappa shape index (κ1) is 14.0. The van der Waals surface area contributed by atoms with Gasteiger partial charge in [-0.1, -0.05) is 30.3 Å². The van der Waals surface area contributed by atoms with Crippen molar-refractivity contribution in [2.75, 3.05) is 25.4 Å². The van der Waals surface area contributed by atoms with Gasteiger partial charge >= 0.3 is 0 Å². The van der Waals surface area contributed by atoms with E-state index in [-0.39, 0.29) is 11.8 Å². The Balaban J connectivity index is 1.89. The second kappa shape index (κ2) is 5.47. The molecule has 2 fully saturated rings. The van der Waals surface area contributed by atoms with Crippen LogP contribution in [0.2, 0.25) is 0 Å². The van der Waals surface area contributed by atoms with Crippen LogP contribution in [-0.2, 0) is 10.0 Å². The number of piperazine rings is 1. The number of hydrogen-bond donors (Lipinski definition) is 0. The maximum atomic E-state index is 12.3. The van der Waals surface area contributed by atoms with Crippen LogP contribution in [0, 0.1) is 0 Å². The quantitative estimate of drug-likeness (QED) is 0.851. The lowest BCUT2D eigenvalue weighted by atomic mass is 10.0. The predicted molar refractivity (Wildman–Crippen MR) is 79.9 cm³/mol. The highest BCUT2D eigenvalue weighted by Gasteiger charge is 2.39. The van der Waals surface area contributed by atoms with E-state index in [1.807, 2.05) is 30.3 Å². The molecule has 0 bridgehead atoms. The minimum absolute atomic E-state index is 0.0319. The van der Waals surface area contributed by atoms with Crippen molar-refractivity contribution in [2.24, 2.45) is 0 Å². The summed E-state index contributed by atoms with van der Waals surface area (Å²) in [6.45, 7) is 4.04. The molecule has 1 aliphatic carbocycles. The van der Waals surface area contributed by atoms with E-state index in [2.05, 4.69) is 4.90 Å². The first-order chi connectivity index (χ1) is 9.62. The summed E-state index contributed by atoms with van der Waals surface area (Å²) in [7, 11) is -3.14. The second-order valence-corrected chi connectivity index (χ2v) is 7.87. The van der Waals surface area contributed by atoms with Crippen LogP contribution in [0.1, 0.15) is 31.4 Å². The Kier molecular flexibility index (Phi) is 3.84. The van der Waals surface area contributed by atoms with E-state index in [0.717, 1.165) is 18.7 Å². The van der Waals surface area contributed by atoms with Crippen molar-refractivity contribution in [3.63, 3.8) is 0 Å². The Hall–Kier alpha value is -0.910. The van der Waals surface area contributed by atoms with E-state index in [9.17, 15) is 8.42 Å². The highest BCUT2D eigenvalue weighted by atomic mass is 32.2. The molecule has 1 aromatic carbocycles. The molecule has 4 nitrogen and oxygen atoms in total. The van der Waals surface area contributed by atoms with Crippen LogP contribution in [0.15, 0.2) is 30.3 Å². The summed E-state index contributed by atoms with van der Waals surface area (Å²) < 4.78 is 26.4. The summed E-state index contributed by atoms with van der Waals surface area (Å²) in [5.74, 6) is 0.180. The van der Waals surface area contributed by atoms with Crippen molar-refractivity contribution in [3.8, 4) is 0 Å². The average molecular weight is 294 g/mol. The lowest BCUT2D eigenvalue weighted by Gasteiger charge is -2.40. The van der Waals surface area contributed by atoms with E-state index in [1.54, 1.807) is 11.2 Å². The van der Waals surface area contributed by atoms with Gasteiger partial charge in [0.05, 0.1) is 11.8 Å². The Labute approximate surface area is 121 Å². The lowest BCUT2D eigenvalue weighted by molar-refractivity contribution is 0.129. The highest BCUT2D eigenvalue weighted by Crippen LogP contribution is 2.34. The number of nitrogens with zero attached hydrogens (tertiary/aromatic N) is 2. The Bertz CT molecular complexity index is 554. The molecule has 1 saturated carbocycles. The topological polar surface area (TPSA) is 40.6 Å². The summed E-state index contributed by atoms with van der Waals surface area (Å²) in [5.41, 5.74) is 1.11. The van der Waals surface area contributed by atoms with Crippen molar-refractivity contribution in [1.29, 1.82) is 0 Å². The van der Waals surface area contributed by atoms with Crippen LogP contribution < -0.4 is 0 Å². The summed E-state index contributed by atoms with van der Waals surface area (Å²) >= 11 is 0. The van der Waals surface area contributed by atoms with E-state index >= 15 is 0 Å². The Morgan fingerprint density at radius 1 is 1.15 bits per heavy atom. The zero-order valence-electron chi connectivity index (χ0n) is 11.9. The second-order valence-electron chi connectivity index (χ2n) is 5.66. The van der Waals surface area contributed by atoms with Gasteiger partial charge in [-0.2, -0.15) is 4.31 Å². The molecule has 0 radical (unpaired) electrons. The van der Waals surface area contributed by atoms with Gasteiger partial charge in [0, 0.05) is 25.7 Å². The first-order valence-electron chi connectivity index (χ1n) is 7.40. The molecular weight excluding hydrogens is 272 g/mol. The molecule has 1 aliphatic heterocycles. The molecule has 3 rings (SSSR count). The number of sulfonamides is 1. The molecule has 2 aliphatic rings. The summed E-state index contributed by atoms with van der Waals surface area (Å²) in [6.07, 6.45) is 2.53. The van der Waals surface area contributed by atoms with Gasteiger partial charge in [-0.3, -0.25) is 4.90 Å². The molecule has 0 amide bonds. The summed E-state index contributed by atoms with van der Waals surface area (Å²) in [5, 5.41) is 0. The molecule has 0 aromatic heterocycles. The highest BCUT2D eigenvalue weighted by molar-refractivity contribution is 7.89. The summed E-state index contributed by atoms with van der Waals surface area (Å²) in [6, 6.07) is 10.7. The van der Waals surface area contributed by atoms with Crippen LogP contribution in [0.3, 0.4) is 0 Å². The lowest BCUT2D eigenvalue weighted by Crippen LogP contribution is -2.51. The molecule has 1 atom stereocenters. The van der Waals surface area contributed by atoms with Gasteiger partial charge in [0.1, 0.15) is 0 Å². The van der Waals surface area contributed by atoms with E-state index in [1.165, 1.54) is 12.8 Å². The molecule has 0 spiro atoms. The minimum Gasteiger partial charge on any atom is -0.297 e. The monoisotopic (exact) mass is 294 g/mol. The molecule has 1 unspecified atom stereocenters. The maximum absolute atomic E-state index is 12.3. The van der Waals surface area contributed by atoms with E-state index in [4.69, 9.17) is 0 Å². The molecule has 5 heteroatoms. The smallest absolute Gasteiger partial charge is 0.214 e. The van der Waals surface area contributed by atoms with Crippen LogP contribution in [-0.4, -0.2) is 49.1 Å². The fraction of sp³-hybridized carbons (Fsp3) is 0.600. The van der Waals surface area contributed by atoms with Gasteiger partial charge in [-0.05, 0) is 25.3 Å². The Morgan fingerprint density at radius 3 is 2.45 bits per heavy atom. The third-order valence-corrected chi connectivity index (χ3v) is 6.21. The zero-order valence-corrected chi connectivity index (χ0v) is 12.7. The van der Waals surface area contributed by atoms with Gasteiger partial charge in [0.15, 0.2) is 0 Å². The van der Waals surface area contributed by atoms with Gasteiger partial charge in [0.2, 0.25) is 10.0 Å². The van der Waals surface area contributed by atoms with Gasteiger partial charge < -0.3 is 0 Å². The maximum Gasteiger partial charge on any atom is 0.214 e. The average Bonchev–Trinajstić information content (AvgIpc) is 3.32. The van der Waals surface area contributed by atoms with Gasteiger partial charge in [-0.25, -0.2) is 8.42 Å². The molecule has 0 N–H and O–H groups in total. The first-order valence-corrected chi connectivity index (χ1v) is 9.01. The van der Waals surface area contributed by atoms with Crippen LogP contribution in [0.4, 0.5) is 0 Å². The molecule has 1 heterocycles. The number of benzene rings is 1. The zero-order chi connectivity index (χ0) is 14.2. The van der Waals surface area contributed by atoms with Crippen molar-refractivity contribution in [1.82, 2.24) is 9.21 Å². The molecule has 110 valence electrons. The third-order valence-electron chi connectivity index (χ3n) is 4.33. The largest absolute Gasteiger partial charge is 0.297 e. The van der Waals surface area contributed by atoms with Crippen molar-refractivity contribution in [3.05, 3.63) is 35.9 Å². The predicted octanol–water partition coefficient (Wildman–Crippen LogP) is 1.86. The fourth-order valence-electron chi connectivity index (χ4n) is 3.00. The fourth-order valence-corrected chi connectivity index (χ4v) is 4.27. The number of rotatable bonds is 4. The van der Waals surface area contributed by atoms with Crippen LogP contribution in [0.5, 0.6) is 0 Å². The molecule has 1 saturated heterocycles. The summed E-state index contributed by atoms with van der Waals surface area (Å²) in [4.78, 5) is 2.46. The standard InChI is InChI=1S/C15H22N2O2S/c1-2-20(18,19)17-11-10-16(14-8-9-14)12-15(17)13-6-4-3-5-7-13/h3-7,14-15H,2,8-12H2,1H3.